The van der Waals surface area contributed by atoms with E-state index < -0.39 is 17.8 Å². The molecule has 1 heterocycles. The molecule has 4 amide bonds. The molecule has 0 radical (unpaired) electrons. The molecule has 1 aliphatic heterocycles. The lowest BCUT2D eigenvalue weighted by atomic mass is 10.0. The van der Waals surface area contributed by atoms with Gasteiger partial charge in [-0.1, -0.05) is 35.9 Å². The van der Waals surface area contributed by atoms with Crippen molar-refractivity contribution in [3.05, 3.63) is 91.9 Å². The summed E-state index contributed by atoms with van der Waals surface area (Å²) in [7, 11) is 1.49. The third kappa shape index (κ3) is 5.15. The van der Waals surface area contributed by atoms with Crippen LogP contribution in [-0.4, -0.2) is 25.0 Å². The second kappa shape index (κ2) is 10.6. The fourth-order valence-electron chi connectivity index (χ4n) is 3.72. The zero-order valence-corrected chi connectivity index (χ0v) is 22.1. The van der Waals surface area contributed by atoms with Crippen molar-refractivity contribution >= 4 is 57.1 Å². The van der Waals surface area contributed by atoms with Gasteiger partial charge in [-0.05, 0) is 88.4 Å². The first kappa shape index (κ1) is 25.5. The van der Waals surface area contributed by atoms with E-state index in [0.717, 1.165) is 21.6 Å². The van der Waals surface area contributed by atoms with Crippen LogP contribution in [0, 0.1) is 13.8 Å². The Hall–Kier alpha value is -3.62. The zero-order chi connectivity index (χ0) is 26.0. The zero-order valence-electron chi connectivity index (χ0n) is 19.7. The Labute approximate surface area is 221 Å². The van der Waals surface area contributed by atoms with Crippen molar-refractivity contribution in [2.24, 2.45) is 0 Å². The van der Waals surface area contributed by atoms with Crippen LogP contribution in [0.3, 0.4) is 0 Å². The average Bonchev–Trinajstić information content (AvgIpc) is 2.84. The number of nitrogens with one attached hydrogen (secondary N) is 1. The number of anilines is 1. The minimum atomic E-state index is -0.791. The van der Waals surface area contributed by atoms with Gasteiger partial charge in [-0.25, -0.2) is 9.69 Å². The molecular formula is C27H22BrClN2O5. The Kier molecular flexibility index (Phi) is 7.47. The summed E-state index contributed by atoms with van der Waals surface area (Å²) in [5.74, 6) is -0.627. The molecule has 0 bridgehead atoms. The topological polar surface area (TPSA) is 84.9 Å². The number of barbiturate groups is 1. The monoisotopic (exact) mass is 568 g/mol. The highest BCUT2D eigenvalue weighted by Crippen LogP contribution is 2.38. The van der Waals surface area contributed by atoms with Crippen LogP contribution in [0.15, 0.2) is 64.6 Å². The molecule has 36 heavy (non-hydrogen) atoms. The van der Waals surface area contributed by atoms with Crippen LogP contribution in [0.1, 0.15) is 22.3 Å². The molecule has 0 atom stereocenters. The van der Waals surface area contributed by atoms with E-state index >= 15 is 0 Å². The van der Waals surface area contributed by atoms with Crippen molar-refractivity contribution in [2.75, 3.05) is 12.0 Å². The Morgan fingerprint density at radius 2 is 1.78 bits per heavy atom. The molecular weight excluding hydrogens is 548 g/mol. The number of carbonyl (C=O) groups excluding carboxylic acids is 3. The second-order valence-corrected chi connectivity index (χ2v) is 9.42. The standard InChI is InChI=1S/C27H22BrClN2O5/c1-15-5-4-6-22(16(15)2)31-26(33)20(25(32)30-27(31)34)11-18-12-21(28)24(23(13-18)35-3)36-14-17-7-9-19(29)10-8-17/h4-13H,14H2,1-3H3,(H,30,32,34)/b20-11+. The van der Waals surface area contributed by atoms with Gasteiger partial charge in [0.1, 0.15) is 12.2 Å². The molecule has 3 aromatic rings. The highest BCUT2D eigenvalue weighted by Gasteiger charge is 2.37. The second-order valence-electron chi connectivity index (χ2n) is 8.13. The van der Waals surface area contributed by atoms with Crippen LogP contribution in [-0.2, 0) is 16.2 Å². The number of urea groups is 1. The van der Waals surface area contributed by atoms with Crippen molar-refractivity contribution in [1.82, 2.24) is 5.32 Å². The average molecular weight is 570 g/mol. The Morgan fingerprint density at radius 3 is 2.47 bits per heavy atom. The van der Waals surface area contributed by atoms with Gasteiger partial charge in [0, 0.05) is 5.02 Å². The lowest BCUT2D eigenvalue weighted by Gasteiger charge is -2.28. The first-order chi connectivity index (χ1) is 17.2. The van der Waals surface area contributed by atoms with Crippen LogP contribution in [0.5, 0.6) is 11.5 Å². The number of rotatable bonds is 6. The number of amides is 4. The highest BCUT2D eigenvalue weighted by atomic mass is 79.9. The molecule has 0 saturated carbocycles. The number of hydrogen-bond donors (Lipinski definition) is 1. The van der Waals surface area contributed by atoms with Crippen molar-refractivity contribution in [3.8, 4) is 11.5 Å². The third-order valence-corrected chi connectivity index (χ3v) is 6.62. The molecule has 1 aliphatic rings. The van der Waals surface area contributed by atoms with E-state index in [2.05, 4.69) is 21.2 Å². The van der Waals surface area contributed by atoms with Gasteiger partial charge in [-0.15, -0.1) is 0 Å². The largest absolute Gasteiger partial charge is 0.493 e. The number of hydrogen-bond acceptors (Lipinski definition) is 5. The first-order valence-corrected chi connectivity index (χ1v) is 12.1. The minimum Gasteiger partial charge on any atom is -0.493 e. The van der Waals surface area contributed by atoms with E-state index in [1.807, 2.05) is 32.0 Å². The Balaban J connectivity index is 1.66. The molecule has 9 heteroatoms. The predicted molar refractivity (Wildman–Crippen MR) is 141 cm³/mol. The number of methoxy groups -OCH3 is 1. The summed E-state index contributed by atoms with van der Waals surface area (Å²) in [5.41, 5.74) is 3.34. The van der Waals surface area contributed by atoms with E-state index in [0.29, 0.717) is 32.2 Å². The molecule has 7 nitrogen and oxygen atoms in total. The number of aryl methyl sites for hydroxylation is 1. The van der Waals surface area contributed by atoms with Gasteiger partial charge in [-0.3, -0.25) is 14.9 Å². The number of imide groups is 2. The summed E-state index contributed by atoms with van der Waals surface area (Å²) in [4.78, 5) is 39.5. The van der Waals surface area contributed by atoms with Gasteiger partial charge in [-0.2, -0.15) is 0 Å². The molecule has 0 spiro atoms. The van der Waals surface area contributed by atoms with Crippen molar-refractivity contribution in [1.29, 1.82) is 0 Å². The maximum absolute atomic E-state index is 13.3. The van der Waals surface area contributed by atoms with Crippen LogP contribution >= 0.6 is 27.5 Å². The molecule has 1 fully saturated rings. The Morgan fingerprint density at radius 1 is 1.06 bits per heavy atom. The summed E-state index contributed by atoms with van der Waals surface area (Å²) >= 11 is 9.43. The number of carbonyl (C=O) groups is 3. The quantitative estimate of drug-likeness (QED) is 0.292. The SMILES string of the molecule is COc1cc(/C=C2\C(=O)NC(=O)N(c3cccc(C)c3C)C2=O)cc(Br)c1OCc1ccc(Cl)cc1. The van der Waals surface area contributed by atoms with E-state index in [9.17, 15) is 14.4 Å². The van der Waals surface area contributed by atoms with Crippen molar-refractivity contribution < 1.29 is 23.9 Å². The minimum absolute atomic E-state index is 0.181. The Bertz CT molecular complexity index is 1400. The number of halogens is 2. The van der Waals surface area contributed by atoms with Crippen molar-refractivity contribution in [2.45, 2.75) is 20.5 Å². The molecule has 1 saturated heterocycles. The van der Waals surface area contributed by atoms with Crippen LogP contribution in [0.4, 0.5) is 10.5 Å². The van der Waals surface area contributed by atoms with Gasteiger partial charge < -0.3 is 9.47 Å². The lowest BCUT2D eigenvalue weighted by molar-refractivity contribution is -0.122. The number of nitrogens with zero attached hydrogens (tertiary/aromatic N) is 1. The first-order valence-electron chi connectivity index (χ1n) is 10.9. The molecule has 0 aliphatic carbocycles. The van der Waals surface area contributed by atoms with Gasteiger partial charge in [0.05, 0.1) is 17.3 Å². The van der Waals surface area contributed by atoms with E-state index in [1.165, 1.54) is 13.2 Å². The van der Waals surface area contributed by atoms with E-state index in [-0.39, 0.29) is 12.2 Å². The summed E-state index contributed by atoms with van der Waals surface area (Å²) in [5, 5.41) is 2.89. The fourth-order valence-corrected chi connectivity index (χ4v) is 4.42. The molecule has 1 N–H and O–H groups in total. The van der Waals surface area contributed by atoms with Crippen molar-refractivity contribution in [3.63, 3.8) is 0 Å². The molecule has 0 aromatic heterocycles. The van der Waals surface area contributed by atoms with Crippen LogP contribution < -0.4 is 19.7 Å². The summed E-state index contributed by atoms with van der Waals surface area (Å²) in [6, 6.07) is 15.1. The summed E-state index contributed by atoms with van der Waals surface area (Å²) in [6.45, 7) is 3.98. The molecule has 3 aromatic carbocycles. The summed E-state index contributed by atoms with van der Waals surface area (Å²) in [6.07, 6.45) is 1.42. The van der Waals surface area contributed by atoms with Gasteiger partial charge >= 0.3 is 6.03 Å². The lowest BCUT2D eigenvalue weighted by Crippen LogP contribution is -2.54. The summed E-state index contributed by atoms with van der Waals surface area (Å²) < 4.78 is 12.0. The van der Waals surface area contributed by atoms with E-state index in [1.54, 1.807) is 36.4 Å². The van der Waals surface area contributed by atoms with Crippen LogP contribution in [0.2, 0.25) is 5.02 Å². The van der Waals surface area contributed by atoms with E-state index in [4.69, 9.17) is 21.1 Å². The van der Waals surface area contributed by atoms with Gasteiger partial charge in [0.25, 0.3) is 11.8 Å². The van der Waals surface area contributed by atoms with Crippen LogP contribution in [0.25, 0.3) is 6.08 Å². The maximum atomic E-state index is 13.3. The molecule has 4 rings (SSSR count). The predicted octanol–water partition coefficient (Wildman–Crippen LogP) is 5.97. The molecule has 184 valence electrons. The maximum Gasteiger partial charge on any atom is 0.335 e. The van der Waals surface area contributed by atoms with Gasteiger partial charge in [0.2, 0.25) is 0 Å². The molecule has 0 unspecified atom stereocenters. The number of benzene rings is 3. The van der Waals surface area contributed by atoms with Gasteiger partial charge in [0.15, 0.2) is 11.5 Å². The third-order valence-electron chi connectivity index (χ3n) is 5.78. The smallest absolute Gasteiger partial charge is 0.335 e. The normalized spacial score (nSPS) is 14.8. The fraction of sp³-hybridized carbons (Fsp3) is 0.148. The highest BCUT2D eigenvalue weighted by molar-refractivity contribution is 9.10. The number of ether oxygens (including phenoxy) is 2.